The van der Waals surface area contributed by atoms with Crippen molar-refractivity contribution in [3.63, 3.8) is 0 Å². The zero-order chi connectivity index (χ0) is 14.4. The molecule has 1 unspecified atom stereocenters. The van der Waals surface area contributed by atoms with Crippen molar-refractivity contribution in [1.29, 1.82) is 0 Å². The summed E-state index contributed by atoms with van der Waals surface area (Å²) in [6, 6.07) is 14.3. The molecule has 1 amide bonds. The Labute approximate surface area is 124 Å². The summed E-state index contributed by atoms with van der Waals surface area (Å²) >= 11 is 0. The van der Waals surface area contributed by atoms with Crippen LogP contribution in [0.15, 0.2) is 42.5 Å². The molecule has 4 rings (SSSR count). The Bertz CT molecular complexity index is 723. The van der Waals surface area contributed by atoms with Gasteiger partial charge >= 0.3 is 0 Å². The minimum atomic E-state index is 0.0591. The quantitative estimate of drug-likeness (QED) is 0.815. The molecule has 0 saturated carbocycles. The number of rotatable bonds is 1. The van der Waals surface area contributed by atoms with Gasteiger partial charge in [0.1, 0.15) is 0 Å². The van der Waals surface area contributed by atoms with E-state index in [4.69, 9.17) is 5.73 Å². The zero-order valence-electron chi connectivity index (χ0n) is 11.9. The molecule has 3 nitrogen and oxygen atoms in total. The van der Waals surface area contributed by atoms with Crippen molar-refractivity contribution in [2.24, 2.45) is 0 Å². The first-order valence-corrected chi connectivity index (χ1v) is 7.46. The van der Waals surface area contributed by atoms with Crippen molar-refractivity contribution in [2.45, 2.75) is 25.3 Å². The first-order chi connectivity index (χ1) is 10.2. The molecule has 0 bridgehead atoms. The van der Waals surface area contributed by atoms with E-state index >= 15 is 0 Å². The normalized spacial score (nSPS) is 19.4. The Hall–Kier alpha value is -2.29. The van der Waals surface area contributed by atoms with Crippen molar-refractivity contribution in [3.8, 4) is 0 Å². The summed E-state index contributed by atoms with van der Waals surface area (Å²) < 4.78 is 0. The van der Waals surface area contributed by atoms with Gasteiger partial charge in [-0.1, -0.05) is 30.3 Å². The average molecular weight is 278 g/mol. The first-order valence-electron chi connectivity index (χ1n) is 7.46. The van der Waals surface area contributed by atoms with Gasteiger partial charge in [-0.2, -0.15) is 0 Å². The monoisotopic (exact) mass is 278 g/mol. The summed E-state index contributed by atoms with van der Waals surface area (Å²) in [5.74, 6) is 0.325. The van der Waals surface area contributed by atoms with Crippen LogP contribution >= 0.6 is 0 Å². The van der Waals surface area contributed by atoms with Crippen LogP contribution in [-0.4, -0.2) is 17.4 Å². The molecule has 2 aliphatic rings. The van der Waals surface area contributed by atoms with Crippen LogP contribution < -0.4 is 5.73 Å². The Morgan fingerprint density at radius 3 is 2.81 bits per heavy atom. The molecule has 21 heavy (non-hydrogen) atoms. The Kier molecular flexibility index (Phi) is 2.74. The molecule has 1 aliphatic carbocycles. The number of nitrogens with zero attached hydrogens (tertiary/aromatic N) is 1. The molecule has 0 aromatic heterocycles. The maximum absolute atomic E-state index is 12.7. The summed E-state index contributed by atoms with van der Waals surface area (Å²) in [5, 5.41) is 0. The molecular formula is C18H18N2O. The Morgan fingerprint density at radius 2 is 1.95 bits per heavy atom. The smallest absolute Gasteiger partial charge is 0.230 e. The van der Waals surface area contributed by atoms with Crippen molar-refractivity contribution >= 4 is 11.6 Å². The highest BCUT2D eigenvalue weighted by Gasteiger charge is 2.35. The summed E-state index contributed by atoms with van der Waals surface area (Å²) in [6.07, 6.45) is 1.81. The highest BCUT2D eigenvalue weighted by Crippen LogP contribution is 2.37. The Balaban J connectivity index is 1.55. The average Bonchev–Trinajstić information content (AvgIpc) is 2.47. The number of nitrogens with two attached hydrogens (primary N) is 1. The number of carbonyl (C=O) groups excluding carboxylic acids is 1. The van der Waals surface area contributed by atoms with Crippen LogP contribution in [0.4, 0.5) is 5.69 Å². The van der Waals surface area contributed by atoms with Gasteiger partial charge in [-0.15, -0.1) is 0 Å². The van der Waals surface area contributed by atoms with Gasteiger partial charge in [0.25, 0.3) is 0 Å². The van der Waals surface area contributed by atoms with E-state index in [1.165, 1.54) is 22.3 Å². The van der Waals surface area contributed by atoms with Gasteiger partial charge in [0.2, 0.25) is 5.91 Å². The lowest BCUT2D eigenvalue weighted by atomic mass is 9.76. The standard InChI is InChI=1S/C18H18N2O/c19-15-6-5-12-7-8-20(11-14(12)9-15)18(21)17-10-13-3-1-2-4-16(13)17/h1-6,9,17H,7-8,10-11,19H2. The summed E-state index contributed by atoms with van der Waals surface area (Å²) in [6.45, 7) is 1.51. The summed E-state index contributed by atoms with van der Waals surface area (Å²) in [4.78, 5) is 14.7. The van der Waals surface area contributed by atoms with E-state index < -0.39 is 0 Å². The van der Waals surface area contributed by atoms with E-state index in [1.807, 2.05) is 29.2 Å². The predicted octanol–water partition coefficient (Wildman–Crippen LogP) is 2.49. The number of carbonyl (C=O) groups is 1. The third kappa shape index (κ3) is 2.00. The molecule has 2 aromatic carbocycles. The van der Waals surface area contributed by atoms with E-state index in [1.54, 1.807) is 0 Å². The molecule has 0 radical (unpaired) electrons. The van der Waals surface area contributed by atoms with Crippen LogP contribution in [-0.2, 0) is 24.2 Å². The minimum Gasteiger partial charge on any atom is -0.399 e. The summed E-state index contributed by atoms with van der Waals surface area (Å²) in [7, 11) is 0. The first kappa shape index (κ1) is 12.5. The molecule has 2 aromatic rings. The zero-order valence-corrected chi connectivity index (χ0v) is 11.9. The third-order valence-corrected chi connectivity index (χ3v) is 4.71. The number of hydrogen-bond donors (Lipinski definition) is 1. The van der Waals surface area contributed by atoms with Gasteiger partial charge in [0.15, 0.2) is 0 Å². The van der Waals surface area contributed by atoms with Crippen LogP contribution in [0.25, 0.3) is 0 Å². The lowest BCUT2D eigenvalue weighted by Crippen LogP contribution is -2.42. The number of anilines is 1. The number of fused-ring (bicyclic) bond motifs is 2. The molecule has 3 heteroatoms. The molecule has 1 heterocycles. The molecule has 0 fully saturated rings. The Morgan fingerprint density at radius 1 is 1.10 bits per heavy atom. The molecule has 0 spiro atoms. The molecule has 0 saturated heterocycles. The second-order valence-corrected chi connectivity index (χ2v) is 5.99. The van der Waals surface area contributed by atoms with Crippen LogP contribution in [0, 0.1) is 0 Å². The van der Waals surface area contributed by atoms with Crippen LogP contribution in [0.1, 0.15) is 28.2 Å². The van der Waals surface area contributed by atoms with Gasteiger partial charge < -0.3 is 10.6 Å². The maximum atomic E-state index is 12.7. The number of hydrogen-bond acceptors (Lipinski definition) is 2. The van der Waals surface area contributed by atoms with E-state index in [-0.39, 0.29) is 11.8 Å². The predicted molar refractivity (Wildman–Crippen MR) is 82.9 cm³/mol. The molecule has 1 atom stereocenters. The van der Waals surface area contributed by atoms with Gasteiger partial charge in [0.05, 0.1) is 5.92 Å². The molecule has 106 valence electrons. The molecule has 2 N–H and O–H groups in total. The fourth-order valence-electron chi connectivity index (χ4n) is 3.46. The van der Waals surface area contributed by atoms with E-state index in [0.717, 1.165) is 25.1 Å². The largest absolute Gasteiger partial charge is 0.399 e. The SMILES string of the molecule is Nc1ccc2c(c1)CN(C(=O)C1Cc3ccccc31)CC2. The molecule has 1 aliphatic heterocycles. The van der Waals surface area contributed by atoms with Crippen LogP contribution in [0.3, 0.4) is 0 Å². The van der Waals surface area contributed by atoms with Crippen molar-refractivity contribution in [2.75, 3.05) is 12.3 Å². The number of amides is 1. The maximum Gasteiger partial charge on any atom is 0.230 e. The highest BCUT2D eigenvalue weighted by molar-refractivity contribution is 5.87. The fraction of sp³-hybridized carbons (Fsp3) is 0.278. The van der Waals surface area contributed by atoms with Crippen LogP contribution in [0.2, 0.25) is 0 Å². The van der Waals surface area contributed by atoms with Gasteiger partial charge in [-0.3, -0.25) is 4.79 Å². The minimum absolute atomic E-state index is 0.0591. The number of nitrogen functional groups attached to an aromatic ring is 1. The lowest BCUT2D eigenvalue weighted by Gasteiger charge is -2.36. The fourth-order valence-corrected chi connectivity index (χ4v) is 3.46. The summed E-state index contributed by atoms with van der Waals surface area (Å²) in [5.41, 5.74) is 11.7. The lowest BCUT2D eigenvalue weighted by molar-refractivity contribution is -0.134. The molecular weight excluding hydrogens is 260 g/mol. The van der Waals surface area contributed by atoms with Gasteiger partial charge in [-0.05, 0) is 47.2 Å². The second kappa shape index (κ2) is 4.62. The van der Waals surface area contributed by atoms with Crippen molar-refractivity contribution < 1.29 is 4.79 Å². The third-order valence-electron chi connectivity index (χ3n) is 4.71. The number of benzene rings is 2. The van der Waals surface area contributed by atoms with E-state index in [0.29, 0.717) is 6.54 Å². The van der Waals surface area contributed by atoms with E-state index in [9.17, 15) is 4.79 Å². The van der Waals surface area contributed by atoms with Gasteiger partial charge in [0, 0.05) is 18.8 Å². The van der Waals surface area contributed by atoms with Gasteiger partial charge in [-0.25, -0.2) is 0 Å². The topological polar surface area (TPSA) is 46.3 Å². The van der Waals surface area contributed by atoms with Crippen molar-refractivity contribution in [3.05, 3.63) is 64.7 Å². The van der Waals surface area contributed by atoms with E-state index in [2.05, 4.69) is 18.2 Å². The highest BCUT2D eigenvalue weighted by atomic mass is 16.2. The second-order valence-electron chi connectivity index (χ2n) is 5.99. The van der Waals surface area contributed by atoms with Crippen molar-refractivity contribution in [1.82, 2.24) is 4.90 Å². The van der Waals surface area contributed by atoms with Crippen LogP contribution in [0.5, 0.6) is 0 Å².